The van der Waals surface area contributed by atoms with E-state index in [-0.39, 0.29) is 10.7 Å². The lowest BCUT2D eigenvalue weighted by molar-refractivity contribution is -0.384. The van der Waals surface area contributed by atoms with Gasteiger partial charge in [-0.15, -0.1) is 0 Å². The van der Waals surface area contributed by atoms with E-state index in [4.69, 9.17) is 25.8 Å². The summed E-state index contributed by atoms with van der Waals surface area (Å²) in [5.41, 5.74) is -0.276. The van der Waals surface area contributed by atoms with Crippen molar-refractivity contribution in [2.45, 2.75) is 61.3 Å². The Balaban J connectivity index is 1.74. The average molecular weight is 497 g/mol. The number of halogens is 1. The summed E-state index contributed by atoms with van der Waals surface area (Å²) in [6.07, 6.45) is -15.6. The highest BCUT2D eigenvalue weighted by molar-refractivity contribution is 6.32. The van der Waals surface area contributed by atoms with Crippen molar-refractivity contribution in [1.29, 1.82) is 0 Å². The molecule has 0 radical (unpaired) electrons. The van der Waals surface area contributed by atoms with Gasteiger partial charge in [-0.05, 0) is 12.1 Å². The minimum absolute atomic E-state index is 0.114. The van der Waals surface area contributed by atoms with Crippen LogP contribution in [0, 0.1) is 10.1 Å². The molecule has 0 aromatic heterocycles. The second-order valence-electron chi connectivity index (χ2n) is 7.62. The number of aliphatic hydroxyl groups excluding tert-OH is 7. The monoisotopic (exact) mass is 496 g/mol. The first-order valence-corrected chi connectivity index (χ1v) is 10.3. The smallest absolute Gasteiger partial charge is 0.289 e. The Hall–Kier alpha value is -1.69. The highest BCUT2D eigenvalue weighted by atomic mass is 35.5. The number of hydrogen-bond donors (Lipinski definition) is 8. The molecule has 1 aromatic carbocycles. The van der Waals surface area contributed by atoms with Gasteiger partial charge in [0.1, 0.15) is 53.9 Å². The van der Waals surface area contributed by atoms with Gasteiger partial charge in [-0.1, -0.05) is 11.6 Å². The third-order valence-corrected chi connectivity index (χ3v) is 5.78. The third-order valence-electron chi connectivity index (χ3n) is 5.46. The molecule has 2 fully saturated rings. The lowest BCUT2D eigenvalue weighted by atomic mass is 9.96. The largest absolute Gasteiger partial charge is 0.394 e. The summed E-state index contributed by atoms with van der Waals surface area (Å²) in [5, 5.41) is 83.6. The molecule has 2 saturated heterocycles. The minimum Gasteiger partial charge on any atom is -0.394 e. The van der Waals surface area contributed by atoms with Crippen LogP contribution >= 0.6 is 11.6 Å². The number of nitro groups is 1. The molecule has 8 N–H and O–H groups in total. The van der Waals surface area contributed by atoms with Gasteiger partial charge in [-0.25, -0.2) is 0 Å². The molecule has 0 bridgehead atoms. The molecule has 0 spiro atoms. The first-order chi connectivity index (χ1) is 15.6. The number of nitrogens with zero attached hydrogens (tertiary/aromatic N) is 1. The van der Waals surface area contributed by atoms with Gasteiger partial charge in [0.2, 0.25) is 0 Å². The molecule has 2 heterocycles. The van der Waals surface area contributed by atoms with Crippen LogP contribution in [0.5, 0.6) is 0 Å². The molecular weight excluding hydrogens is 472 g/mol. The van der Waals surface area contributed by atoms with Gasteiger partial charge >= 0.3 is 0 Å². The molecule has 0 unspecified atom stereocenters. The summed E-state index contributed by atoms with van der Waals surface area (Å²) in [6.45, 7) is -1.43. The summed E-state index contributed by atoms with van der Waals surface area (Å²) >= 11 is 5.77. The lowest BCUT2D eigenvalue weighted by Crippen LogP contribution is -2.65. The van der Waals surface area contributed by atoms with E-state index in [1.165, 1.54) is 12.1 Å². The molecule has 0 amide bonds. The Bertz CT molecular complexity index is 830. The van der Waals surface area contributed by atoms with Crippen molar-refractivity contribution < 1.29 is 54.9 Å². The van der Waals surface area contributed by atoms with Crippen molar-refractivity contribution in [3.63, 3.8) is 0 Å². The summed E-state index contributed by atoms with van der Waals surface area (Å²) in [7, 11) is 0. The molecule has 186 valence electrons. The van der Waals surface area contributed by atoms with E-state index in [0.29, 0.717) is 0 Å². The lowest BCUT2D eigenvalue weighted by Gasteiger charge is -2.46. The molecule has 2 aliphatic heterocycles. The van der Waals surface area contributed by atoms with Gasteiger partial charge in [0.25, 0.3) is 5.69 Å². The maximum atomic E-state index is 11.1. The second-order valence-corrected chi connectivity index (χ2v) is 8.03. The van der Waals surface area contributed by atoms with Crippen LogP contribution in [0.25, 0.3) is 0 Å². The maximum absolute atomic E-state index is 11.1. The predicted octanol–water partition coefficient (Wildman–Crippen LogP) is -2.72. The number of anilines is 1. The average Bonchev–Trinajstić information content (AvgIpc) is 2.79. The van der Waals surface area contributed by atoms with Crippen molar-refractivity contribution in [2.75, 3.05) is 18.5 Å². The summed E-state index contributed by atoms with van der Waals surface area (Å²) in [6, 6.07) is 3.72. The Morgan fingerprint density at radius 3 is 2.24 bits per heavy atom. The van der Waals surface area contributed by atoms with Crippen molar-refractivity contribution >= 4 is 23.0 Å². The normalized spacial score (nSPS) is 39.3. The fourth-order valence-corrected chi connectivity index (χ4v) is 3.80. The number of nitro benzene ring substituents is 1. The Morgan fingerprint density at radius 2 is 1.64 bits per heavy atom. The molecule has 33 heavy (non-hydrogen) atoms. The number of ether oxygens (including phenoxy) is 3. The van der Waals surface area contributed by atoms with Gasteiger partial charge in [0.05, 0.1) is 18.1 Å². The zero-order valence-electron chi connectivity index (χ0n) is 16.9. The van der Waals surface area contributed by atoms with E-state index < -0.39 is 85.2 Å². The molecule has 10 atom stereocenters. The zero-order valence-corrected chi connectivity index (χ0v) is 17.7. The molecule has 2 aliphatic rings. The van der Waals surface area contributed by atoms with Crippen LogP contribution in [-0.4, -0.2) is 115 Å². The maximum Gasteiger partial charge on any atom is 0.289 e. The van der Waals surface area contributed by atoms with Crippen molar-refractivity contribution in [3.05, 3.63) is 33.3 Å². The molecule has 0 aliphatic carbocycles. The van der Waals surface area contributed by atoms with Crippen LogP contribution in [0.2, 0.25) is 5.02 Å². The number of hydrogen-bond acceptors (Lipinski definition) is 13. The minimum atomic E-state index is -1.78. The van der Waals surface area contributed by atoms with E-state index in [1.54, 1.807) is 0 Å². The van der Waals surface area contributed by atoms with Crippen LogP contribution in [0.4, 0.5) is 11.4 Å². The van der Waals surface area contributed by atoms with Crippen LogP contribution in [0.1, 0.15) is 0 Å². The highest BCUT2D eigenvalue weighted by Crippen LogP contribution is 2.32. The highest BCUT2D eigenvalue weighted by Gasteiger charge is 2.50. The number of benzene rings is 1. The third kappa shape index (κ3) is 5.36. The SMILES string of the molecule is O=[N+]([O-])c1cc(N[C@H]2O[C@H](CO)[C@@H](O[C@H]3O[C@@H](CO)[C@H](O)[C@@H](O)[C@@H]3O)[C@H](O)[C@@H]2O)ccc1Cl. The van der Waals surface area contributed by atoms with Gasteiger partial charge in [0, 0.05) is 11.8 Å². The Labute approximate surface area is 191 Å². The molecule has 1 aromatic rings. The first kappa shape index (κ1) is 25.9. The number of nitrogens with one attached hydrogen (secondary N) is 1. The fourth-order valence-electron chi connectivity index (χ4n) is 3.62. The number of rotatable bonds is 7. The standard InChI is InChI=1S/C18H25ClN2O12/c19-7-2-1-6(3-8(7)21(29)30)20-17-14(27)13(26)16(10(5-23)31-17)33-18-15(28)12(25)11(24)9(4-22)32-18/h1-3,9-18,20,22-28H,4-5H2/t9-,10+,11-,12+,13+,14-,15-,16+,17-,18+/m0/s1. The molecule has 0 saturated carbocycles. The summed E-state index contributed by atoms with van der Waals surface area (Å²) < 4.78 is 16.2. The summed E-state index contributed by atoms with van der Waals surface area (Å²) in [4.78, 5) is 10.4. The second kappa shape index (κ2) is 10.7. The van der Waals surface area contributed by atoms with Crippen LogP contribution in [0.15, 0.2) is 18.2 Å². The van der Waals surface area contributed by atoms with Crippen molar-refractivity contribution in [3.8, 4) is 0 Å². The van der Waals surface area contributed by atoms with Gasteiger partial charge < -0.3 is 55.3 Å². The van der Waals surface area contributed by atoms with Crippen LogP contribution < -0.4 is 5.32 Å². The number of aliphatic hydroxyl groups is 7. The van der Waals surface area contributed by atoms with Gasteiger partial charge in [-0.3, -0.25) is 10.1 Å². The van der Waals surface area contributed by atoms with Crippen molar-refractivity contribution in [2.24, 2.45) is 0 Å². The molecule has 15 heteroatoms. The van der Waals surface area contributed by atoms with Crippen LogP contribution in [-0.2, 0) is 14.2 Å². The topological polar surface area (TPSA) is 224 Å². The predicted molar refractivity (Wildman–Crippen MR) is 108 cm³/mol. The summed E-state index contributed by atoms with van der Waals surface area (Å²) in [5.74, 6) is 0. The van der Waals surface area contributed by atoms with Gasteiger partial charge in [0.15, 0.2) is 12.5 Å². The molecule has 14 nitrogen and oxygen atoms in total. The fraction of sp³-hybridized carbons (Fsp3) is 0.667. The Morgan fingerprint density at radius 1 is 0.970 bits per heavy atom. The molecule has 3 rings (SSSR count). The van der Waals surface area contributed by atoms with Crippen LogP contribution in [0.3, 0.4) is 0 Å². The molecular formula is C18H25ClN2O12. The van der Waals surface area contributed by atoms with E-state index in [0.717, 1.165) is 6.07 Å². The van der Waals surface area contributed by atoms with E-state index >= 15 is 0 Å². The quantitative estimate of drug-likeness (QED) is 0.142. The Kier molecular flexibility index (Phi) is 8.41. The van der Waals surface area contributed by atoms with Crippen molar-refractivity contribution in [1.82, 2.24) is 0 Å². The first-order valence-electron chi connectivity index (χ1n) is 9.88. The van der Waals surface area contributed by atoms with E-state index in [1.807, 2.05) is 0 Å². The zero-order chi connectivity index (χ0) is 24.4. The van der Waals surface area contributed by atoms with Gasteiger partial charge in [-0.2, -0.15) is 0 Å². The van der Waals surface area contributed by atoms with E-state index in [2.05, 4.69) is 5.32 Å². The van der Waals surface area contributed by atoms with E-state index in [9.17, 15) is 45.9 Å².